The van der Waals surface area contributed by atoms with Crippen molar-refractivity contribution in [2.45, 2.75) is 26.4 Å². The summed E-state index contributed by atoms with van der Waals surface area (Å²) < 4.78 is 26.0. The van der Waals surface area contributed by atoms with Crippen LogP contribution in [0.15, 0.2) is 76.6 Å². The number of halogens is 2. The van der Waals surface area contributed by atoms with Crippen molar-refractivity contribution in [1.82, 2.24) is 19.1 Å². The van der Waals surface area contributed by atoms with E-state index in [0.717, 1.165) is 16.3 Å². The fourth-order valence-corrected chi connectivity index (χ4v) is 3.92. The highest BCUT2D eigenvalue weighted by atomic mass is 35.5. The highest BCUT2D eigenvalue weighted by Crippen LogP contribution is 2.24. The average molecular weight is 554 g/mol. The number of methoxy groups -OCH3 is 1. The normalized spacial score (nSPS) is 12.4. The van der Waals surface area contributed by atoms with E-state index in [1.165, 1.54) is 23.9 Å². The number of carbonyl (C=O) groups is 1. The van der Waals surface area contributed by atoms with E-state index in [1.54, 1.807) is 62.4 Å². The molecule has 0 aliphatic carbocycles. The zero-order valence-electron chi connectivity index (χ0n) is 21.3. The second kappa shape index (κ2) is 11.9. The Morgan fingerprint density at radius 1 is 1.05 bits per heavy atom. The van der Waals surface area contributed by atoms with E-state index in [0.29, 0.717) is 16.5 Å². The van der Waals surface area contributed by atoms with E-state index in [2.05, 4.69) is 15.3 Å². The van der Waals surface area contributed by atoms with Gasteiger partial charge in [-0.1, -0.05) is 23.7 Å². The van der Waals surface area contributed by atoms with Crippen molar-refractivity contribution in [3.8, 4) is 11.5 Å². The van der Waals surface area contributed by atoms with Crippen molar-refractivity contribution >= 4 is 29.2 Å². The Hall–Kier alpha value is -4.51. The van der Waals surface area contributed by atoms with Crippen LogP contribution in [-0.2, 0) is 16.1 Å². The molecule has 0 saturated carbocycles. The SMILES string of the molecule is COC(=O)[C@H](C)[C@H](C)n1c(=O)nc(Nc2ccc(Oc3cncc(F)c3)cc2)n(Cc2ccc(Cl)cc2)c1=O. The van der Waals surface area contributed by atoms with Gasteiger partial charge in [-0.3, -0.25) is 14.3 Å². The maximum Gasteiger partial charge on any atom is 0.355 e. The monoisotopic (exact) mass is 553 g/mol. The van der Waals surface area contributed by atoms with Crippen LogP contribution in [0.5, 0.6) is 11.5 Å². The van der Waals surface area contributed by atoms with Gasteiger partial charge in [0.1, 0.15) is 17.3 Å². The van der Waals surface area contributed by atoms with Crippen molar-refractivity contribution in [3.05, 3.63) is 104 Å². The molecular weight excluding hydrogens is 529 g/mol. The van der Waals surface area contributed by atoms with Crippen LogP contribution in [0.25, 0.3) is 0 Å². The molecule has 202 valence electrons. The predicted octanol–water partition coefficient (Wildman–Crippen LogP) is 4.55. The lowest BCUT2D eigenvalue weighted by Gasteiger charge is -2.22. The Labute approximate surface area is 227 Å². The number of nitrogens with one attached hydrogen (secondary N) is 1. The van der Waals surface area contributed by atoms with Gasteiger partial charge in [-0.15, -0.1) is 0 Å². The fraction of sp³-hybridized carbons (Fsp3) is 0.222. The number of benzene rings is 2. The first-order valence-corrected chi connectivity index (χ1v) is 12.2. The van der Waals surface area contributed by atoms with Crippen LogP contribution in [0.1, 0.15) is 25.5 Å². The van der Waals surface area contributed by atoms with E-state index in [4.69, 9.17) is 21.1 Å². The van der Waals surface area contributed by atoms with Gasteiger partial charge in [0.25, 0.3) is 0 Å². The minimum atomic E-state index is -0.823. The lowest BCUT2D eigenvalue weighted by atomic mass is 10.0. The number of esters is 1. The summed E-state index contributed by atoms with van der Waals surface area (Å²) in [7, 11) is 1.24. The molecular formula is C27H25ClFN5O5. The molecule has 0 unspecified atom stereocenters. The second-order valence-corrected chi connectivity index (χ2v) is 9.16. The van der Waals surface area contributed by atoms with Gasteiger partial charge >= 0.3 is 17.3 Å². The molecule has 2 aromatic heterocycles. The Balaban J connectivity index is 1.69. The molecule has 0 bridgehead atoms. The van der Waals surface area contributed by atoms with Crippen LogP contribution in [0.2, 0.25) is 5.02 Å². The molecule has 0 amide bonds. The van der Waals surface area contributed by atoms with E-state index in [1.807, 2.05) is 0 Å². The van der Waals surface area contributed by atoms with Crippen molar-refractivity contribution in [3.63, 3.8) is 0 Å². The molecule has 0 aliphatic heterocycles. The van der Waals surface area contributed by atoms with Crippen LogP contribution in [0, 0.1) is 11.7 Å². The van der Waals surface area contributed by atoms with Crippen LogP contribution >= 0.6 is 11.6 Å². The number of hydrogen-bond donors (Lipinski definition) is 1. The lowest BCUT2D eigenvalue weighted by Crippen LogP contribution is -2.46. The predicted molar refractivity (Wildman–Crippen MR) is 143 cm³/mol. The number of carbonyl (C=O) groups excluding carboxylic acids is 1. The van der Waals surface area contributed by atoms with Gasteiger partial charge in [0.2, 0.25) is 5.95 Å². The molecule has 1 N–H and O–H groups in total. The number of hydrogen-bond acceptors (Lipinski definition) is 8. The smallest absolute Gasteiger partial charge is 0.355 e. The summed E-state index contributed by atoms with van der Waals surface area (Å²) in [4.78, 5) is 46.6. The maximum atomic E-state index is 13.6. The van der Waals surface area contributed by atoms with E-state index < -0.39 is 35.1 Å². The Bertz CT molecular complexity index is 1590. The number of nitrogens with zero attached hydrogens (tertiary/aromatic N) is 4. The van der Waals surface area contributed by atoms with Gasteiger partial charge < -0.3 is 14.8 Å². The zero-order valence-corrected chi connectivity index (χ0v) is 22.1. The second-order valence-electron chi connectivity index (χ2n) is 8.73. The summed E-state index contributed by atoms with van der Waals surface area (Å²) in [6, 6.07) is 13.8. The quantitative estimate of drug-likeness (QED) is 0.300. The van der Waals surface area contributed by atoms with Gasteiger partial charge in [-0.2, -0.15) is 4.98 Å². The molecule has 4 aromatic rings. The summed E-state index contributed by atoms with van der Waals surface area (Å²) in [5, 5.41) is 3.54. The lowest BCUT2D eigenvalue weighted by molar-refractivity contribution is -0.146. The summed E-state index contributed by atoms with van der Waals surface area (Å²) in [6.45, 7) is 3.22. The molecule has 4 rings (SSSR count). The molecule has 12 heteroatoms. The van der Waals surface area contributed by atoms with Crippen molar-refractivity contribution in [2.24, 2.45) is 5.92 Å². The molecule has 2 atom stereocenters. The largest absolute Gasteiger partial charge is 0.469 e. The Morgan fingerprint density at radius 2 is 1.74 bits per heavy atom. The summed E-state index contributed by atoms with van der Waals surface area (Å²) in [6.07, 6.45) is 2.45. The first-order valence-electron chi connectivity index (χ1n) is 11.9. The van der Waals surface area contributed by atoms with Gasteiger partial charge in [-0.05, 0) is 55.8 Å². The molecule has 2 aromatic carbocycles. The molecule has 39 heavy (non-hydrogen) atoms. The summed E-state index contributed by atoms with van der Waals surface area (Å²) in [5.74, 6) is -1.21. The first kappa shape index (κ1) is 27.5. The minimum Gasteiger partial charge on any atom is -0.469 e. The van der Waals surface area contributed by atoms with Gasteiger partial charge in [0.05, 0.1) is 38.0 Å². The van der Waals surface area contributed by atoms with Crippen LogP contribution in [0.4, 0.5) is 16.0 Å². The summed E-state index contributed by atoms with van der Waals surface area (Å²) in [5.41, 5.74) is -0.242. The van der Waals surface area contributed by atoms with Crippen molar-refractivity contribution in [1.29, 1.82) is 0 Å². The number of ether oxygens (including phenoxy) is 2. The van der Waals surface area contributed by atoms with Crippen LogP contribution in [0.3, 0.4) is 0 Å². The zero-order chi connectivity index (χ0) is 28.1. The average Bonchev–Trinajstić information content (AvgIpc) is 2.92. The molecule has 0 aliphatic rings. The third-order valence-electron chi connectivity index (χ3n) is 6.08. The molecule has 0 fully saturated rings. The van der Waals surface area contributed by atoms with E-state index in [-0.39, 0.29) is 18.2 Å². The Morgan fingerprint density at radius 3 is 2.38 bits per heavy atom. The van der Waals surface area contributed by atoms with Crippen LogP contribution < -0.4 is 21.4 Å². The number of pyridine rings is 1. The number of rotatable bonds is 9. The topological polar surface area (TPSA) is 117 Å². The van der Waals surface area contributed by atoms with Crippen LogP contribution in [-0.4, -0.2) is 32.2 Å². The summed E-state index contributed by atoms with van der Waals surface area (Å²) >= 11 is 6.01. The van der Waals surface area contributed by atoms with Gasteiger partial charge in [0, 0.05) is 16.8 Å². The molecule has 0 spiro atoms. The van der Waals surface area contributed by atoms with E-state index in [9.17, 15) is 18.8 Å². The number of anilines is 2. The molecule has 10 nitrogen and oxygen atoms in total. The third kappa shape index (κ3) is 6.50. The highest BCUT2D eigenvalue weighted by Gasteiger charge is 2.27. The van der Waals surface area contributed by atoms with Crippen molar-refractivity contribution < 1.29 is 18.7 Å². The van der Waals surface area contributed by atoms with Gasteiger partial charge in [-0.25, -0.2) is 18.5 Å². The molecule has 2 heterocycles. The maximum absolute atomic E-state index is 13.6. The first-order chi connectivity index (χ1) is 18.7. The third-order valence-corrected chi connectivity index (χ3v) is 6.34. The molecule has 0 saturated heterocycles. The Kier molecular flexibility index (Phi) is 8.40. The highest BCUT2D eigenvalue weighted by molar-refractivity contribution is 6.30. The van der Waals surface area contributed by atoms with Gasteiger partial charge in [0.15, 0.2) is 0 Å². The number of aromatic nitrogens is 4. The minimum absolute atomic E-state index is 0.00267. The standard InChI is InChI=1S/C27H25ClFN5O5/c1-16(24(35)38-3)17(2)34-26(36)32-25(33(27(34)37)15-18-4-6-19(28)7-5-18)31-21-8-10-22(11-9-21)39-23-12-20(29)13-30-14-23/h4-14,16-17H,15H2,1-3H3,(H,31,32,36)/t16-,17+/m1/s1. The van der Waals surface area contributed by atoms with E-state index >= 15 is 0 Å². The molecule has 0 radical (unpaired) electrons. The fourth-order valence-electron chi connectivity index (χ4n) is 3.79. The van der Waals surface area contributed by atoms with Crippen molar-refractivity contribution in [2.75, 3.05) is 12.4 Å².